The van der Waals surface area contributed by atoms with E-state index in [1.807, 2.05) is 0 Å². The van der Waals surface area contributed by atoms with E-state index in [9.17, 15) is 9.59 Å². The van der Waals surface area contributed by atoms with Crippen molar-refractivity contribution in [3.63, 3.8) is 0 Å². The lowest BCUT2D eigenvalue weighted by molar-refractivity contribution is -0.137. The van der Waals surface area contributed by atoms with Gasteiger partial charge >= 0.3 is 11.9 Å². The zero-order valence-electron chi connectivity index (χ0n) is 11.4. The van der Waals surface area contributed by atoms with Crippen molar-refractivity contribution in [3.05, 3.63) is 42.0 Å². The maximum absolute atomic E-state index is 10.8. The summed E-state index contributed by atoms with van der Waals surface area (Å²) in [5.74, 6) is -0.715. The molecule has 0 heterocycles. The molecule has 1 aromatic carbocycles. The maximum Gasteiger partial charge on any atom is 0.335 e. The van der Waals surface area contributed by atoms with Gasteiger partial charge in [-0.05, 0) is 43.5 Å². The highest BCUT2D eigenvalue weighted by Gasteiger charge is 2.06. The minimum atomic E-state index is -0.955. The van der Waals surface area contributed by atoms with Gasteiger partial charge in [0.05, 0.1) is 18.8 Å². The average molecular weight is 278 g/mol. The van der Waals surface area contributed by atoms with Crippen molar-refractivity contribution in [2.75, 3.05) is 13.2 Å². The summed E-state index contributed by atoms with van der Waals surface area (Å²) >= 11 is 0. The summed E-state index contributed by atoms with van der Waals surface area (Å²) < 4.78 is 10.4. The lowest BCUT2D eigenvalue weighted by Crippen LogP contribution is -2.05. The molecule has 0 bridgehead atoms. The number of rotatable bonds is 8. The van der Waals surface area contributed by atoms with Gasteiger partial charge in [0.2, 0.25) is 0 Å². The molecule has 0 unspecified atom stereocenters. The van der Waals surface area contributed by atoms with Crippen LogP contribution < -0.4 is 4.74 Å². The molecule has 1 aromatic rings. The van der Waals surface area contributed by atoms with Gasteiger partial charge < -0.3 is 14.6 Å². The van der Waals surface area contributed by atoms with Crippen molar-refractivity contribution in [2.24, 2.45) is 0 Å². The van der Waals surface area contributed by atoms with E-state index in [1.165, 1.54) is 6.07 Å². The number of unbranched alkanes of at least 4 members (excludes halogenated alkanes) is 1. The van der Waals surface area contributed by atoms with Gasteiger partial charge in [0.1, 0.15) is 5.75 Å². The van der Waals surface area contributed by atoms with Crippen LogP contribution in [-0.2, 0) is 9.53 Å². The summed E-state index contributed by atoms with van der Waals surface area (Å²) in [5.41, 5.74) is 1.02. The first-order valence-corrected chi connectivity index (χ1v) is 6.30. The van der Waals surface area contributed by atoms with E-state index >= 15 is 0 Å². The summed E-state index contributed by atoms with van der Waals surface area (Å²) in [6.07, 6.45) is 2.57. The molecule has 5 heteroatoms. The first kappa shape index (κ1) is 15.8. The monoisotopic (exact) mass is 278 g/mol. The summed E-state index contributed by atoms with van der Waals surface area (Å²) in [7, 11) is 0. The van der Waals surface area contributed by atoms with Crippen molar-refractivity contribution < 1.29 is 24.2 Å². The fourth-order valence-corrected chi connectivity index (χ4v) is 1.56. The van der Waals surface area contributed by atoms with Crippen LogP contribution in [0.5, 0.6) is 5.75 Å². The molecule has 0 aromatic heterocycles. The van der Waals surface area contributed by atoms with E-state index in [2.05, 4.69) is 6.58 Å². The third kappa shape index (κ3) is 5.14. The molecule has 0 aliphatic rings. The van der Waals surface area contributed by atoms with Crippen LogP contribution in [-0.4, -0.2) is 30.3 Å². The molecule has 0 saturated carbocycles. The number of carbonyl (C=O) groups is 2. The Kier molecular flexibility index (Phi) is 6.29. The number of carboxylic acids is 1. The summed E-state index contributed by atoms with van der Waals surface area (Å²) in [6, 6.07) is 4.73. The topological polar surface area (TPSA) is 72.8 Å². The van der Waals surface area contributed by atoms with Crippen molar-refractivity contribution in [1.29, 1.82) is 0 Å². The van der Waals surface area contributed by atoms with Crippen LogP contribution in [0, 0.1) is 6.92 Å². The van der Waals surface area contributed by atoms with Crippen LogP contribution in [0.25, 0.3) is 0 Å². The van der Waals surface area contributed by atoms with E-state index in [1.54, 1.807) is 19.1 Å². The van der Waals surface area contributed by atoms with E-state index < -0.39 is 11.9 Å². The maximum atomic E-state index is 10.8. The van der Waals surface area contributed by atoms with E-state index in [0.29, 0.717) is 25.4 Å². The lowest BCUT2D eigenvalue weighted by atomic mass is 10.1. The Morgan fingerprint density at radius 2 is 2.00 bits per heavy atom. The summed E-state index contributed by atoms with van der Waals surface area (Å²) in [6.45, 7) is 5.93. The zero-order chi connectivity index (χ0) is 15.0. The average Bonchev–Trinajstić information content (AvgIpc) is 2.43. The number of esters is 1. The second-order valence-corrected chi connectivity index (χ2v) is 4.21. The SMILES string of the molecule is C=CC(=O)OCCCCOc1ccc(C(=O)O)cc1C. The molecular weight excluding hydrogens is 260 g/mol. The molecular formula is C15H18O5. The highest BCUT2D eigenvalue weighted by atomic mass is 16.5. The fourth-order valence-electron chi connectivity index (χ4n) is 1.56. The lowest BCUT2D eigenvalue weighted by Gasteiger charge is -2.09. The number of hydrogen-bond donors (Lipinski definition) is 1. The highest BCUT2D eigenvalue weighted by molar-refractivity contribution is 5.88. The number of carboxylic acid groups (broad SMARTS) is 1. The molecule has 108 valence electrons. The Labute approximate surface area is 117 Å². The Morgan fingerprint density at radius 1 is 1.30 bits per heavy atom. The molecule has 5 nitrogen and oxygen atoms in total. The van der Waals surface area contributed by atoms with Gasteiger partial charge in [0.15, 0.2) is 0 Å². The second kappa shape index (κ2) is 7.99. The largest absolute Gasteiger partial charge is 0.493 e. The minimum absolute atomic E-state index is 0.242. The molecule has 0 fully saturated rings. The number of aryl methyl sites for hydroxylation is 1. The van der Waals surface area contributed by atoms with Crippen LogP contribution in [0.1, 0.15) is 28.8 Å². The second-order valence-electron chi connectivity index (χ2n) is 4.21. The standard InChI is InChI=1S/C15H18O5/c1-3-14(16)20-9-5-4-8-19-13-7-6-12(15(17)18)10-11(13)2/h3,6-7,10H,1,4-5,8-9H2,2H3,(H,17,18). The van der Waals surface area contributed by atoms with Crippen molar-refractivity contribution in [2.45, 2.75) is 19.8 Å². The van der Waals surface area contributed by atoms with Crippen LogP contribution in [0.4, 0.5) is 0 Å². The molecule has 0 spiro atoms. The summed E-state index contributed by atoms with van der Waals surface area (Å²) in [4.78, 5) is 21.6. The van der Waals surface area contributed by atoms with Crippen LogP contribution in [0.3, 0.4) is 0 Å². The van der Waals surface area contributed by atoms with E-state index in [4.69, 9.17) is 14.6 Å². The van der Waals surface area contributed by atoms with Gasteiger partial charge in [-0.25, -0.2) is 9.59 Å². The Balaban J connectivity index is 2.30. The van der Waals surface area contributed by atoms with Gasteiger partial charge in [0, 0.05) is 6.08 Å². The molecule has 0 aliphatic heterocycles. The van der Waals surface area contributed by atoms with Crippen molar-refractivity contribution in [1.82, 2.24) is 0 Å². The molecule has 1 N–H and O–H groups in total. The van der Waals surface area contributed by atoms with Gasteiger partial charge in [-0.1, -0.05) is 6.58 Å². The van der Waals surface area contributed by atoms with Crippen molar-refractivity contribution in [3.8, 4) is 5.75 Å². The van der Waals surface area contributed by atoms with Crippen LogP contribution in [0.15, 0.2) is 30.9 Å². The molecule has 0 amide bonds. The Bertz CT molecular complexity index is 493. The predicted molar refractivity (Wildman–Crippen MR) is 74.0 cm³/mol. The quantitative estimate of drug-likeness (QED) is 0.449. The van der Waals surface area contributed by atoms with Crippen LogP contribution in [0.2, 0.25) is 0 Å². The first-order chi connectivity index (χ1) is 9.54. The fraction of sp³-hybridized carbons (Fsp3) is 0.333. The molecule has 0 atom stereocenters. The number of carbonyl (C=O) groups excluding carboxylic acids is 1. The smallest absolute Gasteiger partial charge is 0.335 e. The minimum Gasteiger partial charge on any atom is -0.493 e. The first-order valence-electron chi connectivity index (χ1n) is 6.30. The number of ether oxygens (including phenoxy) is 2. The normalized spacial score (nSPS) is 9.85. The molecule has 0 radical (unpaired) electrons. The van der Waals surface area contributed by atoms with Gasteiger partial charge in [0.25, 0.3) is 0 Å². The van der Waals surface area contributed by atoms with Gasteiger partial charge in [-0.2, -0.15) is 0 Å². The highest BCUT2D eigenvalue weighted by Crippen LogP contribution is 2.19. The van der Waals surface area contributed by atoms with E-state index in [-0.39, 0.29) is 5.56 Å². The Morgan fingerprint density at radius 3 is 2.60 bits per heavy atom. The zero-order valence-corrected chi connectivity index (χ0v) is 11.4. The van der Waals surface area contributed by atoms with Crippen LogP contribution >= 0.6 is 0 Å². The van der Waals surface area contributed by atoms with E-state index in [0.717, 1.165) is 18.1 Å². The van der Waals surface area contributed by atoms with Gasteiger partial charge in [-0.15, -0.1) is 0 Å². The number of hydrogen-bond acceptors (Lipinski definition) is 4. The third-order valence-electron chi connectivity index (χ3n) is 2.63. The molecule has 0 aliphatic carbocycles. The Hall–Kier alpha value is -2.30. The third-order valence-corrected chi connectivity index (χ3v) is 2.63. The molecule has 0 saturated heterocycles. The summed E-state index contributed by atoms with van der Waals surface area (Å²) in [5, 5.41) is 8.85. The molecule has 1 rings (SSSR count). The number of benzene rings is 1. The predicted octanol–water partition coefficient (Wildman–Crippen LogP) is 2.58. The van der Waals surface area contributed by atoms with Gasteiger partial charge in [-0.3, -0.25) is 0 Å². The molecule has 20 heavy (non-hydrogen) atoms. The number of aromatic carboxylic acids is 1. The van der Waals surface area contributed by atoms with Crippen molar-refractivity contribution >= 4 is 11.9 Å².